The number of aliphatic hydroxyl groups is 1. The number of nitrogens with two attached hydrogens (primary N) is 1. The van der Waals surface area contributed by atoms with Crippen LogP contribution in [0.4, 0.5) is 5.69 Å². The number of sulfonamides is 1. The monoisotopic (exact) mass is 350 g/mol. The normalized spacial score (nSPS) is 11.7. The van der Waals surface area contributed by atoms with Crippen LogP contribution in [0.2, 0.25) is 0 Å². The molecule has 0 atom stereocenters. The van der Waals surface area contributed by atoms with Gasteiger partial charge in [0.05, 0.1) is 5.75 Å². The fourth-order valence-electron chi connectivity index (χ4n) is 1.44. The van der Waals surface area contributed by atoms with Crippen LogP contribution in [-0.4, -0.2) is 49.7 Å². The number of rotatable bonds is 11. The van der Waals surface area contributed by atoms with Gasteiger partial charge in [-0.25, -0.2) is 13.1 Å². The first-order chi connectivity index (χ1) is 10.0. The molecule has 0 aliphatic carbocycles. The third-order valence-corrected chi connectivity index (χ3v) is 6.24. The first-order valence-corrected chi connectivity index (χ1v) is 10.5. The average Bonchev–Trinajstić information content (AvgIpc) is 2.45. The molecule has 21 heavy (non-hydrogen) atoms. The molecule has 0 unspecified atom stereocenters. The van der Waals surface area contributed by atoms with E-state index in [1.165, 1.54) is 11.8 Å². The molecule has 0 saturated heterocycles. The van der Waals surface area contributed by atoms with Gasteiger partial charge in [-0.3, -0.25) is 0 Å². The smallest absolute Gasteiger partial charge is 0.212 e. The van der Waals surface area contributed by atoms with Crippen molar-refractivity contribution < 1.29 is 13.5 Å². The zero-order valence-corrected chi connectivity index (χ0v) is 14.3. The number of nitrogens with one attached hydrogen (secondary N) is 1. The summed E-state index contributed by atoms with van der Waals surface area (Å²) in [4.78, 5) is 1.01. The highest BCUT2D eigenvalue weighted by Crippen LogP contribution is 2.19. The molecule has 8 heteroatoms. The van der Waals surface area contributed by atoms with Crippen LogP contribution < -0.4 is 10.5 Å². The molecule has 1 aromatic carbocycles. The fourth-order valence-corrected chi connectivity index (χ4v) is 4.69. The van der Waals surface area contributed by atoms with E-state index in [1.807, 2.05) is 12.1 Å². The molecule has 0 spiro atoms. The largest absolute Gasteiger partial charge is 0.399 e. The van der Waals surface area contributed by atoms with Gasteiger partial charge in [-0.2, -0.15) is 11.8 Å². The van der Waals surface area contributed by atoms with E-state index in [-0.39, 0.29) is 12.4 Å². The van der Waals surface area contributed by atoms with E-state index in [1.54, 1.807) is 23.9 Å². The molecular weight excluding hydrogens is 328 g/mol. The summed E-state index contributed by atoms with van der Waals surface area (Å²) in [5, 5.41) is 8.62. The quantitative estimate of drug-likeness (QED) is 0.317. The summed E-state index contributed by atoms with van der Waals surface area (Å²) in [6.07, 6.45) is 0.746. The number of benzene rings is 1. The van der Waals surface area contributed by atoms with Crippen LogP contribution in [0.3, 0.4) is 0 Å². The SMILES string of the molecule is Nc1ccc(SCCS(=O)(=O)NCCSCCCO)cc1. The Hall–Kier alpha value is -0.410. The molecule has 5 nitrogen and oxygen atoms in total. The van der Waals surface area contributed by atoms with Gasteiger partial charge in [-0.1, -0.05) is 0 Å². The van der Waals surface area contributed by atoms with Crippen molar-refractivity contribution in [2.75, 3.05) is 41.9 Å². The van der Waals surface area contributed by atoms with Crippen molar-refractivity contribution in [3.8, 4) is 0 Å². The molecule has 0 bridgehead atoms. The van der Waals surface area contributed by atoms with Crippen molar-refractivity contribution in [1.82, 2.24) is 4.72 Å². The Morgan fingerprint density at radius 2 is 1.86 bits per heavy atom. The minimum atomic E-state index is -3.21. The highest BCUT2D eigenvalue weighted by Gasteiger charge is 2.09. The Bertz CT molecular complexity index is 492. The van der Waals surface area contributed by atoms with Gasteiger partial charge in [0.15, 0.2) is 0 Å². The summed E-state index contributed by atoms with van der Waals surface area (Å²) in [5.41, 5.74) is 6.29. The molecule has 0 saturated carbocycles. The van der Waals surface area contributed by atoms with Crippen LogP contribution in [0.15, 0.2) is 29.2 Å². The Labute approximate surface area is 135 Å². The van der Waals surface area contributed by atoms with Crippen molar-refractivity contribution >= 4 is 39.2 Å². The van der Waals surface area contributed by atoms with Gasteiger partial charge in [-0.15, -0.1) is 11.8 Å². The number of hydrogen-bond donors (Lipinski definition) is 3. The Morgan fingerprint density at radius 1 is 1.14 bits per heavy atom. The second-order valence-electron chi connectivity index (χ2n) is 4.32. The van der Waals surface area contributed by atoms with Crippen LogP contribution in [0, 0.1) is 0 Å². The third-order valence-electron chi connectivity index (χ3n) is 2.52. The van der Waals surface area contributed by atoms with Gasteiger partial charge in [0, 0.05) is 35.2 Å². The van der Waals surface area contributed by atoms with E-state index in [0.29, 0.717) is 18.0 Å². The standard InChI is InChI=1S/C13H22N2O3S3/c14-12-2-4-13(5-3-12)20-10-11-21(17,18)15-6-9-19-8-1-7-16/h2-5,15-16H,1,6-11,14H2. The predicted octanol–water partition coefficient (Wildman–Crippen LogP) is 1.40. The maximum absolute atomic E-state index is 11.8. The topological polar surface area (TPSA) is 92.4 Å². The summed E-state index contributed by atoms with van der Waals surface area (Å²) < 4.78 is 26.1. The predicted molar refractivity (Wildman–Crippen MR) is 92.4 cm³/mol. The Kier molecular flexibility index (Phi) is 9.18. The summed E-state index contributed by atoms with van der Waals surface area (Å²) >= 11 is 3.14. The number of thioether (sulfide) groups is 2. The van der Waals surface area contributed by atoms with E-state index in [2.05, 4.69) is 4.72 Å². The average molecular weight is 351 g/mol. The lowest BCUT2D eigenvalue weighted by Crippen LogP contribution is -2.29. The minimum Gasteiger partial charge on any atom is -0.399 e. The van der Waals surface area contributed by atoms with Crippen molar-refractivity contribution in [3.05, 3.63) is 24.3 Å². The molecule has 1 rings (SSSR count). The summed E-state index contributed by atoms with van der Waals surface area (Å²) in [5.74, 6) is 2.19. The molecule has 1 aromatic rings. The zero-order valence-electron chi connectivity index (χ0n) is 11.8. The van der Waals surface area contributed by atoms with Crippen molar-refractivity contribution in [1.29, 1.82) is 0 Å². The molecule has 0 aromatic heterocycles. The number of nitrogen functional groups attached to an aromatic ring is 1. The van der Waals surface area contributed by atoms with Crippen molar-refractivity contribution in [2.24, 2.45) is 0 Å². The van der Waals surface area contributed by atoms with Crippen LogP contribution in [0.1, 0.15) is 6.42 Å². The van der Waals surface area contributed by atoms with Crippen LogP contribution in [0.25, 0.3) is 0 Å². The lowest BCUT2D eigenvalue weighted by Gasteiger charge is -2.06. The number of aliphatic hydroxyl groups excluding tert-OH is 1. The van der Waals surface area contributed by atoms with Gasteiger partial charge >= 0.3 is 0 Å². The lowest BCUT2D eigenvalue weighted by molar-refractivity contribution is 0.296. The molecule has 0 radical (unpaired) electrons. The van der Waals surface area contributed by atoms with Gasteiger partial charge in [0.2, 0.25) is 10.0 Å². The Balaban J connectivity index is 2.16. The maximum atomic E-state index is 11.8. The molecular formula is C13H22N2O3S3. The van der Waals surface area contributed by atoms with E-state index < -0.39 is 10.0 Å². The van der Waals surface area contributed by atoms with Crippen LogP contribution in [-0.2, 0) is 10.0 Å². The first kappa shape index (κ1) is 18.6. The molecule has 4 N–H and O–H groups in total. The van der Waals surface area contributed by atoms with E-state index in [0.717, 1.165) is 22.8 Å². The second-order valence-corrected chi connectivity index (χ2v) is 8.64. The van der Waals surface area contributed by atoms with Crippen LogP contribution >= 0.6 is 23.5 Å². The molecule has 120 valence electrons. The summed E-state index contributed by atoms with van der Waals surface area (Å²) in [6, 6.07) is 7.38. The van der Waals surface area contributed by atoms with Crippen molar-refractivity contribution in [3.63, 3.8) is 0 Å². The highest BCUT2D eigenvalue weighted by molar-refractivity contribution is 8.00. The van der Waals surface area contributed by atoms with Crippen LogP contribution in [0.5, 0.6) is 0 Å². The lowest BCUT2D eigenvalue weighted by atomic mass is 10.3. The molecule has 0 aliphatic rings. The van der Waals surface area contributed by atoms with E-state index >= 15 is 0 Å². The fraction of sp³-hybridized carbons (Fsp3) is 0.538. The van der Waals surface area contributed by atoms with E-state index in [9.17, 15) is 8.42 Å². The van der Waals surface area contributed by atoms with Gasteiger partial charge in [-0.05, 0) is 36.4 Å². The van der Waals surface area contributed by atoms with Crippen molar-refractivity contribution in [2.45, 2.75) is 11.3 Å². The highest BCUT2D eigenvalue weighted by atomic mass is 32.2. The van der Waals surface area contributed by atoms with Gasteiger partial charge in [0.1, 0.15) is 0 Å². The molecule has 0 fully saturated rings. The second kappa shape index (κ2) is 10.3. The molecule has 0 amide bonds. The Morgan fingerprint density at radius 3 is 2.52 bits per heavy atom. The molecule has 0 heterocycles. The number of anilines is 1. The van der Waals surface area contributed by atoms with Gasteiger partial charge in [0.25, 0.3) is 0 Å². The molecule has 0 aliphatic heterocycles. The minimum absolute atomic E-state index is 0.101. The summed E-state index contributed by atoms with van der Waals surface area (Å²) in [7, 11) is -3.21. The summed E-state index contributed by atoms with van der Waals surface area (Å²) in [6.45, 7) is 0.617. The number of hydrogen-bond acceptors (Lipinski definition) is 6. The van der Waals surface area contributed by atoms with E-state index in [4.69, 9.17) is 10.8 Å². The first-order valence-electron chi connectivity index (χ1n) is 6.68. The third kappa shape index (κ3) is 9.26. The van der Waals surface area contributed by atoms with Gasteiger partial charge < -0.3 is 10.8 Å². The maximum Gasteiger partial charge on any atom is 0.212 e. The zero-order chi connectivity index (χ0) is 15.6.